The Kier molecular flexibility index (Phi) is 7.30. The Morgan fingerprint density at radius 2 is 1.95 bits per heavy atom. The van der Waals surface area contributed by atoms with Gasteiger partial charge in [0.25, 0.3) is 0 Å². The van der Waals surface area contributed by atoms with Crippen molar-refractivity contribution in [3.8, 4) is 11.5 Å². The van der Waals surface area contributed by atoms with E-state index in [0.29, 0.717) is 19.0 Å². The third kappa shape index (κ3) is 5.94. The molecule has 0 aliphatic carbocycles. The maximum absolute atomic E-state index is 8.80. The molecule has 0 unspecified atom stereocenters. The van der Waals surface area contributed by atoms with Crippen LogP contribution in [0.2, 0.25) is 0 Å². The van der Waals surface area contributed by atoms with Crippen LogP contribution in [0.25, 0.3) is 0 Å². The molecule has 0 atom stereocenters. The first-order valence-electron chi connectivity index (χ1n) is 6.81. The largest absolute Gasteiger partial charge is 0.490 e. The lowest BCUT2D eigenvalue weighted by Crippen LogP contribution is -2.13. The smallest absolute Gasteiger partial charge is 0.161 e. The van der Waals surface area contributed by atoms with E-state index in [4.69, 9.17) is 14.6 Å². The molecule has 1 rings (SSSR count). The van der Waals surface area contributed by atoms with Crippen LogP contribution in [0.5, 0.6) is 11.5 Å². The number of hydrogen-bond acceptors (Lipinski definition) is 4. The molecule has 1 N–H and O–H groups in total. The molecule has 0 saturated heterocycles. The summed E-state index contributed by atoms with van der Waals surface area (Å²) in [5, 5.41) is 8.80. The van der Waals surface area contributed by atoms with Crippen molar-refractivity contribution in [3.05, 3.63) is 23.8 Å². The number of hydrogen-bond donors (Lipinski definition) is 1. The summed E-state index contributed by atoms with van der Waals surface area (Å²) in [7, 11) is 4.16. The van der Waals surface area contributed by atoms with Crippen LogP contribution in [0.1, 0.15) is 18.9 Å². The van der Waals surface area contributed by atoms with Gasteiger partial charge in [0.05, 0.1) is 13.2 Å². The van der Waals surface area contributed by atoms with Gasteiger partial charge in [0, 0.05) is 0 Å². The molecule has 108 valence electrons. The first-order chi connectivity index (χ1) is 9.17. The summed E-state index contributed by atoms with van der Waals surface area (Å²) in [4.78, 5) is 2.18. The minimum absolute atomic E-state index is 0.0101. The molecule has 0 radical (unpaired) electrons. The summed E-state index contributed by atoms with van der Waals surface area (Å²) >= 11 is 0. The lowest BCUT2D eigenvalue weighted by atomic mass is 10.1. The number of aliphatic hydroxyl groups excluding tert-OH is 1. The second-order valence-electron chi connectivity index (χ2n) is 4.69. The van der Waals surface area contributed by atoms with E-state index in [1.807, 2.05) is 19.1 Å². The van der Waals surface area contributed by atoms with E-state index in [-0.39, 0.29) is 6.61 Å². The zero-order chi connectivity index (χ0) is 14.1. The summed E-state index contributed by atoms with van der Waals surface area (Å²) in [5.41, 5.74) is 1.25. The number of nitrogens with zero attached hydrogens (tertiary/aromatic N) is 1. The molecule has 1 aromatic rings. The van der Waals surface area contributed by atoms with E-state index in [1.54, 1.807) is 0 Å². The van der Waals surface area contributed by atoms with Gasteiger partial charge in [0.15, 0.2) is 11.5 Å². The maximum Gasteiger partial charge on any atom is 0.161 e. The highest BCUT2D eigenvalue weighted by Gasteiger charge is 2.06. The number of benzene rings is 1. The zero-order valence-corrected chi connectivity index (χ0v) is 12.2. The Morgan fingerprint density at radius 3 is 2.58 bits per heavy atom. The van der Waals surface area contributed by atoms with E-state index in [0.717, 1.165) is 25.1 Å². The summed E-state index contributed by atoms with van der Waals surface area (Å²) < 4.78 is 11.0. The second-order valence-corrected chi connectivity index (χ2v) is 4.69. The van der Waals surface area contributed by atoms with Gasteiger partial charge < -0.3 is 19.5 Å². The van der Waals surface area contributed by atoms with Crippen molar-refractivity contribution < 1.29 is 14.6 Å². The molecule has 0 heterocycles. The molecule has 0 amide bonds. The fraction of sp³-hybridized carbons (Fsp3) is 0.600. The Morgan fingerprint density at radius 1 is 1.16 bits per heavy atom. The van der Waals surface area contributed by atoms with Crippen molar-refractivity contribution in [3.63, 3.8) is 0 Å². The minimum atomic E-state index is 0.0101. The van der Waals surface area contributed by atoms with Crippen LogP contribution in [-0.2, 0) is 6.42 Å². The van der Waals surface area contributed by atoms with Crippen LogP contribution in [0, 0.1) is 0 Å². The van der Waals surface area contributed by atoms with Crippen molar-refractivity contribution >= 4 is 0 Å². The Labute approximate surface area is 115 Å². The third-order valence-electron chi connectivity index (χ3n) is 2.73. The molecule has 0 fully saturated rings. The quantitative estimate of drug-likeness (QED) is 0.742. The van der Waals surface area contributed by atoms with E-state index in [1.165, 1.54) is 5.56 Å². The Balaban J connectivity index is 2.65. The van der Waals surface area contributed by atoms with Crippen LogP contribution in [0.15, 0.2) is 18.2 Å². The van der Waals surface area contributed by atoms with Crippen LogP contribution < -0.4 is 9.47 Å². The van der Waals surface area contributed by atoms with Crippen LogP contribution in [0.4, 0.5) is 0 Å². The molecule has 0 saturated carbocycles. The van der Waals surface area contributed by atoms with Gasteiger partial charge in [-0.05, 0) is 58.1 Å². The fourth-order valence-electron chi connectivity index (χ4n) is 1.85. The lowest BCUT2D eigenvalue weighted by Gasteiger charge is -2.13. The van der Waals surface area contributed by atoms with Gasteiger partial charge in [0.1, 0.15) is 6.61 Å². The van der Waals surface area contributed by atoms with Crippen LogP contribution in [-0.4, -0.2) is 50.5 Å². The highest BCUT2D eigenvalue weighted by atomic mass is 16.5. The first-order valence-corrected chi connectivity index (χ1v) is 6.81. The molecule has 0 aliphatic heterocycles. The molecule has 0 aromatic heterocycles. The molecule has 1 aromatic carbocycles. The fourth-order valence-corrected chi connectivity index (χ4v) is 1.85. The predicted molar refractivity (Wildman–Crippen MR) is 77.1 cm³/mol. The van der Waals surface area contributed by atoms with Gasteiger partial charge in [-0.1, -0.05) is 6.07 Å². The molecule has 19 heavy (non-hydrogen) atoms. The van der Waals surface area contributed by atoms with Gasteiger partial charge in [-0.3, -0.25) is 0 Å². The van der Waals surface area contributed by atoms with Crippen molar-refractivity contribution in [2.24, 2.45) is 0 Å². The van der Waals surface area contributed by atoms with E-state index >= 15 is 0 Å². The molecular formula is C15H25NO3. The van der Waals surface area contributed by atoms with Crippen molar-refractivity contribution in [2.45, 2.75) is 19.8 Å². The third-order valence-corrected chi connectivity index (χ3v) is 2.73. The summed E-state index contributed by atoms with van der Waals surface area (Å²) in [5.74, 6) is 1.46. The molecule has 0 spiro atoms. The molecule has 4 nitrogen and oxygen atoms in total. The topological polar surface area (TPSA) is 41.9 Å². The van der Waals surface area contributed by atoms with E-state index < -0.39 is 0 Å². The monoisotopic (exact) mass is 267 g/mol. The molecule has 0 bridgehead atoms. The summed E-state index contributed by atoms with van der Waals surface area (Å²) in [6.07, 6.45) is 2.15. The van der Waals surface area contributed by atoms with Crippen molar-refractivity contribution in [1.29, 1.82) is 0 Å². The van der Waals surface area contributed by atoms with Crippen molar-refractivity contribution in [2.75, 3.05) is 40.5 Å². The van der Waals surface area contributed by atoms with E-state index in [9.17, 15) is 0 Å². The Hall–Kier alpha value is -1.26. The second kappa shape index (κ2) is 8.77. The minimum Gasteiger partial charge on any atom is -0.490 e. The highest BCUT2D eigenvalue weighted by molar-refractivity contribution is 5.43. The maximum atomic E-state index is 8.80. The average Bonchev–Trinajstić information content (AvgIpc) is 2.38. The normalized spacial score (nSPS) is 10.8. The van der Waals surface area contributed by atoms with Gasteiger partial charge in [0.2, 0.25) is 0 Å². The number of aryl methyl sites for hydroxylation is 1. The molecular weight excluding hydrogens is 242 g/mol. The summed E-state index contributed by atoms with van der Waals surface area (Å²) in [6, 6.07) is 6.02. The van der Waals surface area contributed by atoms with Gasteiger partial charge in [-0.25, -0.2) is 0 Å². The molecule has 0 aliphatic rings. The standard InChI is InChI=1S/C15H25NO3/c1-4-18-15-12-13(6-5-9-16(2)3)7-8-14(15)19-11-10-17/h7-8,12,17H,4-6,9-11H2,1-3H3. The van der Waals surface area contributed by atoms with Crippen LogP contribution >= 0.6 is 0 Å². The van der Waals surface area contributed by atoms with Gasteiger partial charge in [-0.2, -0.15) is 0 Å². The summed E-state index contributed by atoms with van der Waals surface area (Å²) in [6.45, 7) is 3.94. The predicted octanol–water partition coefficient (Wildman–Crippen LogP) is 1.95. The molecule has 4 heteroatoms. The van der Waals surface area contributed by atoms with E-state index in [2.05, 4.69) is 25.1 Å². The van der Waals surface area contributed by atoms with Gasteiger partial charge >= 0.3 is 0 Å². The van der Waals surface area contributed by atoms with Crippen molar-refractivity contribution in [1.82, 2.24) is 4.90 Å². The SMILES string of the molecule is CCOc1cc(CCCN(C)C)ccc1OCCO. The van der Waals surface area contributed by atoms with Gasteiger partial charge in [-0.15, -0.1) is 0 Å². The number of rotatable bonds is 9. The average molecular weight is 267 g/mol. The first kappa shape index (κ1) is 15.8. The highest BCUT2D eigenvalue weighted by Crippen LogP contribution is 2.28. The van der Waals surface area contributed by atoms with Crippen LogP contribution in [0.3, 0.4) is 0 Å². The Bertz CT molecular complexity index is 366. The number of ether oxygens (including phenoxy) is 2. The number of aliphatic hydroxyl groups is 1. The lowest BCUT2D eigenvalue weighted by molar-refractivity contribution is 0.194. The zero-order valence-electron chi connectivity index (χ0n) is 12.2.